The van der Waals surface area contributed by atoms with Crippen molar-refractivity contribution in [1.82, 2.24) is 9.80 Å². The van der Waals surface area contributed by atoms with Crippen LogP contribution in [0.3, 0.4) is 0 Å². The van der Waals surface area contributed by atoms with Crippen molar-refractivity contribution in [3.63, 3.8) is 0 Å². The van der Waals surface area contributed by atoms with E-state index in [0.29, 0.717) is 26.1 Å². The summed E-state index contributed by atoms with van der Waals surface area (Å²) in [4.78, 5) is 31.6. The number of ether oxygens (including phenoxy) is 1. The SMILES string of the molecule is O=C(C1CCN(Cc2ccc(F)cc2)CC1)N1CCC2(C1)CN(c1ccccc1)C(=O)O2. The Balaban J connectivity index is 1.15. The van der Waals surface area contributed by atoms with Crippen LogP contribution in [0.2, 0.25) is 0 Å². The molecule has 0 N–H and O–H groups in total. The van der Waals surface area contributed by atoms with E-state index in [-0.39, 0.29) is 23.7 Å². The first-order valence-corrected chi connectivity index (χ1v) is 11.3. The van der Waals surface area contributed by atoms with Crippen LogP contribution in [-0.4, -0.2) is 60.1 Å². The molecule has 3 aliphatic rings. The molecule has 3 fully saturated rings. The van der Waals surface area contributed by atoms with Gasteiger partial charge in [-0.3, -0.25) is 14.6 Å². The number of halogens is 1. The Bertz CT molecular complexity index is 976. The van der Waals surface area contributed by atoms with Crippen molar-refractivity contribution in [3.8, 4) is 0 Å². The van der Waals surface area contributed by atoms with Crippen LogP contribution >= 0.6 is 0 Å². The normalized spacial score (nSPS) is 24.3. The Morgan fingerprint density at radius 3 is 2.44 bits per heavy atom. The molecule has 1 atom stereocenters. The lowest BCUT2D eigenvalue weighted by atomic mass is 9.95. The second kappa shape index (κ2) is 8.54. The predicted octanol–water partition coefficient (Wildman–Crippen LogP) is 3.67. The molecule has 0 aromatic heterocycles. The summed E-state index contributed by atoms with van der Waals surface area (Å²) in [7, 11) is 0. The third kappa shape index (κ3) is 4.21. The highest BCUT2D eigenvalue weighted by atomic mass is 19.1. The van der Waals surface area contributed by atoms with Gasteiger partial charge in [0.1, 0.15) is 5.82 Å². The molecule has 1 unspecified atom stereocenters. The number of amides is 2. The van der Waals surface area contributed by atoms with E-state index in [1.54, 1.807) is 4.90 Å². The van der Waals surface area contributed by atoms with Gasteiger partial charge in [-0.05, 0) is 55.8 Å². The average Bonchev–Trinajstić information content (AvgIpc) is 3.38. The fourth-order valence-electron chi connectivity index (χ4n) is 5.12. The lowest BCUT2D eigenvalue weighted by molar-refractivity contribution is -0.136. The molecule has 168 valence electrons. The van der Waals surface area contributed by atoms with Crippen molar-refractivity contribution in [2.75, 3.05) is 37.6 Å². The summed E-state index contributed by atoms with van der Waals surface area (Å²) in [5, 5.41) is 0. The Hall–Kier alpha value is -2.93. The lowest BCUT2D eigenvalue weighted by Gasteiger charge is -2.33. The first kappa shape index (κ1) is 20.9. The number of carbonyl (C=O) groups is 2. The number of hydrogen-bond acceptors (Lipinski definition) is 4. The fraction of sp³-hybridized carbons (Fsp3) is 0.440. The molecule has 32 heavy (non-hydrogen) atoms. The molecule has 3 heterocycles. The minimum absolute atomic E-state index is 0.0111. The standard InChI is InChI=1S/C25H28FN3O3/c26-21-8-6-19(7-9-21)16-27-13-10-20(11-14-27)23(30)28-15-12-25(17-28)18-29(24(31)32-25)22-4-2-1-3-5-22/h1-9,20H,10-18H2. The van der Waals surface area contributed by atoms with Gasteiger partial charge in [0, 0.05) is 31.1 Å². The maximum atomic E-state index is 13.2. The Morgan fingerprint density at radius 2 is 1.72 bits per heavy atom. The highest BCUT2D eigenvalue weighted by Crippen LogP contribution is 2.36. The van der Waals surface area contributed by atoms with Crippen LogP contribution < -0.4 is 4.90 Å². The van der Waals surface area contributed by atoms with Gasteiger partial charge >= 0.3 is 6.09 Å². The van der Waals surface area contributed by atoms with Crippen LogP contribution in [0.25, 0.3) is 0 Å². The second-order valence-corrected chi connectivity index (χ2v) is 9.16. The monoisotopic (exact) mass is 437 g/mol. The van der Waals surface area contributed by atoms with Crippen molar-refractivity contribution >= 4 is 17.7 Å². The van der Waals surface area contributed by atoms with Gasteiger partial charge in [-0.2, -0.15) is 0 Å². The summed E-state index contributed by atoms with van der Waals surface area (Å²) < 4.78 is 18.9. The van der Waals surface area contributed by atoms with Crippen LogP contribution in [0.4, 0.5) is 14.9 Å². The maximum absolute atomic E-state index is 13.2. The minimum atomic E-state index is -0.605. The molecule has 0 bridgehead atoms. The second-order valence-electron chi connectivity index (χ2n) is 9.16. The van der Waals surface area contributed by atoms with Crippen molar-refractivity contribution in [2.45, 2.75) is 31.4 Å². The third-order valence-electron chi connectivity index (χ3n) is 6.92. The summed E-state index contributed by atoms with van der Waals surface area (Å²) in [6.45, 7) is 4.06. The summed E-state index contributed by atoms with van der Waals surface area (Å²) in [5.41, 5.74) is 1.31. The van der Waals surface area contributed by atoms with Gasteiger partial charge in [0.2, 0.25) is 5.91 Å². The molecule has 2 aromatic carbocycles. The number of anilines is 1. The van der Waals surface area contributed by atoms with Crippen molar-refractivity contribution in [1.29, 1.82) is 0 Å². The molecule has 0 aliphatic carbocycles. The molecule has 0 saturated carbocycles. The van der Waals surface area contributed by atoms with Gasteiger partial charge in [0.15, 0.2) is 5.60 Å². The van der Waals surface area contributed by atoms with Gasteiger partial charge in [0.05, 0.1) is 13.1 Å². The molecular formula is C25H28FN3O3. The summed E-state index contributed by atoms with van der Waals surface area (Å²) in [6.07, 6.45) is 1.98. The molecule has 2 aromatic rings. The molecule has 3 aliphatic heterocycles. The number of likely N-dealkylation sites (tertiary alicyclic amines) is 2. The van der Waals surface area contributed by atoms with E-state index >= 15 is 0 Å². The maximum Gasteiger partial charge on any atom is 0.415 e. The van der Waals surface area contributed by atoms with E-state index in [1.165, 1.54) is 12.1 Å². The highest BCUT2D eigenvalue weighted by Gasteiger charge is 2.51. The summed E-state index contributed by atoms with van der Waals surface area (Å²) in [6, 6.07) is 16.1. The third-order valence-corrected chi connectivity index (χ3v) is 6.92. The molecule has 0 radical (unpaired) electrons. The van der Waals surface area contributed by atoms with Crippen LogP contribution in [0.5, 0.6) is 0 Å². The Labute approximate surface area is 187 Å². The average molecular weight is 438 g/mol. The van der Waals surface area contributed by atoms with Crippen molar-refractivity contribution < 1.29 is 18.7 Å². The summed E-state index contributed by atoms with van der Waals surface area (Å²) in [5.74, 6) is -0.0317. The van der Waals surface area contributed by atoms with Gasteiger partial charge in [-0.1, -0.05) is 30.3 Å². The molecule has 2 amide bonds. The molecule has 3 saturated heterocycles. The number of hydrogen-bond donors (Lipinski definition) is 0. The largest absolute Gasteiger partial charge is 0.439 e. The van der Waals surface area contributed by atoms with E-state index in [0.717, 1.165) is 43.7 Å². The number of piperidine rings is 1. The molecular weight excluding hydrogens is 409 g/mol. The Kier molecular flexibility index (Phi) is 5.59. The van der Waals surface area contributed by atoms with E-state index in [4.69, 9.17) is 4.74 Å². The van der Waals surface area contributed by atoms with Crippen LogP contribution in [-0.2, 0) is 16.1 Å². The smallest absolute Gasteiger partial charge is 0.415 e. The van der Waals surface area contributed by atoms with Crippen LogP contribution in [0, 0.1) is 11.7 Å². The highest BCUT2D eigenvalue weighted by molar-refractivity contribution is 5.90. The molecule has 6 nitrogen and oxygen atoms in total. The first-order chi connectivity index (χ1) is 15.5. The number of nitrogens with zero attached hydrogens (tertiary/aromatic N) is 3. The minimum Gasteiger partial charge on any atom is -0.439 e. The zero-order chi connectivity index (χ0) is 22.1. The first-order valence-electron chi connectivity index (χ1n) is 11.3. The zero-order valence-corrected chi connectivity index (χ0v) is 18.1. The molecule has 7 heteroatoms. The van der Waals surface area contributed by atoms with Crippen LogP contribution in [0.1, 0.15) is 24.8 Å². The van der Waals surface area contributed by atoms with E-state index in [1.807, 2.05) is 47.4 Å². The molecule has 5 rings (SSSR count). The number of rotatable bonds is 4. The van der Waals surface area contributed by atoms with E-state index < -0.39 is 5.60 Å². The van der Waals surface area contributed by atoms with E-state index in [2.05, 4.69) is 4.90 Å². The van der Waals surface area contributed by atoms with Crippen molar-refractivity contribution in [2.24, 2.45) is 5.92 Å². The fourth-order valence-corrected chi connectivity index (χ4v) is 5.12. The zero-order valence-electron chi connectivity index (χ0n) is 18.1. The van der Waals surface area contributed by atoms with E-state index in [9.17, 15) is 14.0 Å². The number of carbonyl (C=O) groups excluding carboxylic acids is 2. The Morgan fingerprint density at radius 1 is 1.00 bits per heavy atom. The molecule has 1 spiro atoms. The van der Waals surface area contributed by atoms with Gasteiger partial charge in [0.25, 0.3) is 0 Å². The van der Waals surface area contributed by atoms with Gasteiger partial charge in [-0.25, -0.2) is 9.18 Å². The number of benzene rings is 2. The predicted molar refractivity (Wildman–Crippen MR) is 119 cm³/mol. The summed E-state index contributed by atoms with van der Waals surface area (Å²) >= 11 is 0. The quantitative estimate of drug-likeness (QED) is 0.733. The van der Waals surface area contributed by atoms with Gasteiger partial charge in [-0.15, -0.1) is 0 Å². The van der Waals surface area contributed by atoms with Crippen LogP contribution in [0.15, 0.2) is 54.6 Å². The topological polar surface area (TPSA) is 53.1 Å². The number of para-hydroxylation sites is 1. The van der Waals surface area contributed by atoms with Gasteiger partial charge < -0.3 is 9.64 Å². The van der Waals surface area contributed by atoms with Crippen molar-refractivity contribution in [3.05, 3.63) is 66.0 Å². The lowest BCUT2D eigenvalue weighted by Crippen LogP contribution is -2.44.